The van der Waals surface area contributed by atoms with Crippen LogP contribution in [0.2, 0.25) is 0 Å². The van der Waals surface area contributed by atoms with Gasteiger partial charge < -0.3 is 15.1 Å². The molecule has 0 aromatic heterocycles. The van der Waals surface area contributed by atoms with E-state index in [0.717, 1.165) is 25.0 Å². The van der Waals surface area contributed by atoms with Gasteiger partial charge in [0.2, 0.25) is 0 Å². The van der Waals surface area contributed by atoms with Gasteiger partial charge in [-0.1, -0.05) is 30.7 Å². The van der Waals surface area contributed by atoms with Gasteiger partial charge in [0.15, 0.2) is 0 Å². The summed E-state index contributed by atoms with van der Waals surface area (Å²) in [6, 6.07) is 0. The van der Waals surface area contributed by atoms with Gasteiger partial charge in [0, 0.05) is 12.5 Å². The number of allylic oxidation sites excluding steroid dienone is 2. The molecule has 4 nitrogen and oxygen atoms in total. The molecule has 4 rings (SSSR count). The minimum atomic E-state index is -0.357. The normalized spacial score (nSPS) is 52.5. The van der Waals surface area contributed by atoms with Crippen molar-refractivity contribution in [2.45, 2.75) is 84.8 Å². The molecule has 4 saturated carbocycles. The largest absolute Gasteiger partial charge is 0.411 e. The molecule has 0 bridgehead atoms. The number of rotatable bonds is 2. The van der Waals surface area contributed by atoms with Gasteiger partial charge in [-0.15, -0.1) is 0 Å². The molecule has 0 spiro atoms. The van der Waals surface area contributed by atoms with Crippen molar-refractivity contribution in [1.29, 1.82) is 0 Å². The number of hydrogen-bond donors (Lipinski definition) is 2. The Kier molecular flexibility index (Phi) is 4.95. The van der Waals surface area contributed by atoms with Crippen molar-refractivity contribution in [3.05, 3.63) is 11.6 Å². The molecule has 0 aliphatic heterocycles. The Bertz CT molecular complexity index is 644. The number of aliphatic hydroxyl groups is 1. The molecule has 4 heteroatoms. The summed E-state index contributed by atoms with van der Waals surface area (Å²) in [6.07, 6.45) is 9.31. The summed E-state index contributed by atoms with van der Waals surface area (Å²) in [5.41, 5.74) is 2.79. The van der Waals surface area contributed by atoms with E-state index in [1.807, 2.05) is 6.92 Å². The third-order valence-corrected chi connectivity index (χ3v) is 9.07. The van der Waals surface area contributed by atoms with E-state index in [9.17, 15) is 10.3 Å². The van der Waals surface area contributed by atoms with Gasteiger partial charge in [0.05, 0.1) is 17.9 Å². The first-order chi connectivity index (χ1) is 12.9. The van der Waals surface area contributed by atoms with Crippen molar-refractivity contribution in [3.8, 4) is 0 Å². The van der Waals surface area contributed by atoms with Gasteiger partial charge >= 0.3 is 0 Å². The maximum Gasteiger partial charge on any atom is 0.0839 e. The van der Waals surface area contributed by atoms with Crippen LogP contribution in [0, 0.1) is 34.5 Å². The van der Waals surface area contributed by atoms with Crippen molar-refractivity contribution in [2.24, 2.45) is 39.7 Å². The average Bonchev–Trinajstić information content (AvgIpc) is 2.98. The Hall–Kier alpha value is -0.870. The lowest BCUT2D eigenvalue weighted by molar-refractivity contribution is -0.146. The summed E-state index contributed by atoms with van der Waals surface area (Å²) in [5, 5.41) is 24.6. The van der Waals surface area contributed by atoms with Crippen molar-refractivity contribution in [2.75, 3.05) is 6.61 Å². The monoisotopic (exact) mass is 375 g/mol. The van der Waals surface area contributed by atoms with E-state index in [-0.39, 0.29) is 23.0 Å². The van der Waals surface area contributed by atoms with Gasteiger partial charge in [0.1, 0.15) is 0 Å². The zero-order chi connectivity index (χ0) is 19.4. The lowest BCUT2D eigenvalue weighted by atomic mass is 9.44. The summed E-state index contributed by atoms with van der Waals surface area (Å²) < 4.78 is 5.94. The molecule has 0 aromatic carbocycles. The van der Waals surface area contributed by atoms with E-state index in [0.29, 0.717) is 30.3 Å². The van der Waals surface area contributed by atoms with Gasteiger partial charge in [-0.2, -0.15) is 0 Å². The van der Waals surface area contributed by atoms with E-state index in [1.165, 1.54) is 25.7 Å². The first-order valence-corrected chi connectivity index (χ1v) is 11.0. The Labute approximate surface area is 164 Å². The fraction of sp³-hybridized carbons (Fsp3) is 0.870. The lowest BCUT2D eigenvalue weighted by Crippen LogP contribution is -2.59. The van der Waals surface area contributed by atoms with Gasteiger partial charge in [-0.05, 0) is 87.4 Å². The highest BCUT2D eigenvalue weighted by molar-refractivity contribution is 5.89. The van der Waals surface area contributed by atoms with Crippen LogP contribution in [0.25, 0.3) is 0 Å². The Morgan fingerprint density at radius 1 is 1.26 bits per heavy atom. The molecule has 0 amide bonds. The van der Waals surface area contributed by atoms with Crippen molar-refractivity contribution in [3.63, 3.8) is 0 Å². The second-order valence-corrected chi connectivity index (χ2v) is 10.1. The molecule has 2 N–H and O–H groups in total. The first kappa shape index (κ1) is 19.4. The van der Waals surface area contributed by atoms with Crippen LogP contribution in [0.15, 0.2) is 16.8 Å². The third-order valence-electron chi connectivity index (χ3n) is 9.07. The minimum Gasteiger partial charge on any atom is -0.411 e. The van der Waals surface area contributed by atoms with Crippen LogP contribution in [0.1, 0.15) is 72.6 Å². The van der Waals surface area contributed by atoms with Crippen LogP contribution in [0.5, 0.6) is 0 Å². The highest BCUT2D eigenvalue weighted by Crippen LogP contribution is 2.66. The second kappa shape index (κ2) is 6.88. The predicted molar refractivity (Wildman–Crippen MR) is 107 cm³/mol. The van der Waals surface area contributed by atoms with Crippen molar-refractivity contribution < 1.29 is 15.1 Å². The van der Waals surface area contributed by atoms with Gasteiger partial charge in [-0.25, -0.2) is 0 Å². The predicted octanol–water partition coefficient (Wildman–Crippen LogP) is 4.79. The molecular formula is C23H37NO3. The lowest BCUT2D eigenvalue weighted by Gasteiger charge is -2.61. The molecule has 0 aromatic rings. The van der Waals surface area contributed by atoms with Crippen LogP contribution < -0.4 is 0 Å². The summed E-state index contributed by atoms with van der Waals surface area (Å²) in [7, 11) is 0. The fourth-order valence-corrected chi connectivity index (χ4v) is 7.91. The summed E-state index contributed by atoms with van der Waals surface area (Å²) >= 11 is 0. The number of fused-ring (bicyclic) bond motifs is 5. The van der Waals surface area contributed by atoms with E-state index < -0.39 is 0 Å². The minimum absolute atomic E-state index is 0.0591. The van der Waals surface area contributed by atoms with Crippen molar-refractivity contribution in [1.82, 2.24) is 0 Å². The number of oxime groups is 1. The standard InChI is InChI=1S/C23H37NO3/c1-5-14-8-10-17-16-9-7-15-11-19(25)20(27-6-2)13-23(15,4)21(16)18(24-26)12-22(14,17)3/h5,15-17,19-21,25-26H,6-13H2,1-4H3/b14-5-,24-18?/t15-,16-,17-,19-,20-,21+,22+,23-/m0/s1. The van der Waals surface area contributed by atoms with E-state index in [1.54, 1.807) is 5.57 Å². The molecule has 4 aliphatic rings. The number of aliphatic hydroxyl groups excluding tert-OH is 1. The molecule has 27 heavy (non-hydrogen) atoms. The zero-order valence-electron chi connectivity index (χ0n) is 17.4. The van der Waals surface area contributed by atoms with Crippen LogP contribution in [-0.4, -0.2) is 34.8 Å². The van der Waals surface area contributed by atoms with E-state index in [2.05, 4.69) is 32.0 Å². The molecular weight excluding hydrogens is 338 g/mol. The topological polar surface area (TPSA) is 62.0 Å². The summed E-state index contributed by atoms with van der Waals surface area (Å²) in [5.74, 6) is 2.10. The quantitative estimate of drug-likeness (QED) is 0.414. The Morgan fingerprint density at radius 3 is 2.70 bits per heavy atom. The number of hydrogen-bond acceptors (Lipinski definition) is 4. The average molecular weight is 376 g/mol. The molecule has 8 atom stereocenters. The smallest absolute Gasteiger partial charge is 0.0839 e. The van der Waals surface area contributed by atoms with Gasteiger partial charge in [0.25, 0.3) is 0 Å². The van der Waals surface area contributed by atoms with Crippen LogP contribution in [0.4, 0.5) is 0 Å². The molecule has 0 radical (unpaired) electrons. The van der Waals surface area contributed by atoms with Crippen LogP contribution >= 0.6 is 0 Å². The molecule has 0 saturated heterocycles. The molecule has 0 unspecified atom stereocenters. The SMILES string of the molecule is C/C=C1/CC[C@H]2[C@@H]3CC[C@H]4C[C@H](O)[C@@H](OCC)C[C@]4(C)[C@H]3C(=NO)C[C@]12C. The van der Waals surface area contributed by atoms with Crippen LogP contribution in [0.3, 0.4) is 0 Å². The fourth-order valence-electron chi connectivity index (χ4n) is 7.91. The second-order valence-electron chi connectivity index (χ2n) is 10.1. The van der Waals surface area contributed by atoms with E-state index in [4.69, 9.17) is 4.74 Å². The van der Waals surface area contributed by atoms with Crippen molar-refractivity contribution >= 4 is 5.71 Å². The molecule has 4 aliphatic carbocycles. The Balaban J connectivity index is 1.72. The maximum atomic E-state index is 10.6. The summed E-state index contributed by atoms with van der Waals surface area (Å²) in [6.45, 7) is 9.62. The first-order valence-electron chi connectivity index (χ1n) is 11.0. The highest BCUT2D eigenvalue weighted by atomic mass is 16.5. The Morgan fingerprint density at radius 2 is 2.04 bits per heavy atom. The molecule has 152 valence electrons. The number of nitrogens with zero attached hydrogens (tertiary/aromatic N) is 1. The zero-order valence-corrected chi connectivity index (χ0v) is 17.4. The maximum absolute atomic E-state index is 10.6. The van der Waals surface area contributed by atoms with E-state index >= 15 is 0 Å². The number of ether oxygens (including phenoxy) is 1. The third kappa shape index (κ3) is 2.73. The highest BCUT2D eigenvalue weighted by Gasteiger charge is 2.62. The summed E-state index contributed by atoms with van der Waals surface area (Å²) in [4.78, 5) is 0. The molecule has 4 fully saturated rings. The van der Waals surface area contributed by atoms with Crippen LogP contribution in [-0.2, 0) is 4.74 Å². The molecule has 0 heterocycles. The van der Waals surface area contributed by atoms with Gasteiger partial charge in [-0.3, -0.25) is 0 Å².